The van der Waals surface area contributed by atoms with E-state index >= 15 is 0 Å². The molecule has 1 amide bonds. The molecule has 7 nitrogen and oxygen atoms in total. The summed E-state index contributed by atoms with van der Waals surface area (Å²) in [6.07, 6.45) is 0. The summed E-state index contributed by atoms with van der Waals surface area (Å²) in [4.78, 5) is 26.8. The number of carbonyl (C=O) groups is 2. The van der Waals surface area contributed by atoms with Gasteiger partial charge in [0.2, 0.25) is 0 Å². The highest BCUT2D eigenvalue weighted by Gasteiger charge is 2.46. The molecule has 0 aromatic heterocycles. The zero-order valence-electron chi connectivity index (χ0n) is 15.6. The first-order valence-electron chi connectivity index (χ1n) is 8.69. The zero-order valence-corrected chi connectivity index (χ0v) is 15.6. The van der Waals surface area contributed by atoms with E-state index in [2.05, 4.69) is 0 Å². The minimum Gasteiger partial charge on any atom is -0.508 e. The van der Waals surface area contributed by atoms with Crippen molar-refractivity contribution in [3.8, 4) is 11.5 Å². The molecule has 0 spiro atoms. The molecule has 0 bridgehead atoms. The van der Waals surface area contributed by atoms with Crippen LogP contribution in [0, 0.1) is 0 Å². The van der Waals surface area contributed by atoms with Crippen molar-refractivity contribution in [2.45, 2.75) is 6.04 Å². The van der Waals surface area contributed by atoms with Crippen LogP contribution in [0.4, 0.5) is 0 Å². The summed E-state index contributed by atoms with van der Waals surface area (Å²) in [5.74, 6) is -1.37. The van der Waals surface area contributed by atoms with Gasteiger partial charge in [-0.1, -0.05) is 24.3 Å². The van der Waals surface area contributed by atoms with Gasteiger partial charge in [-0.2, -0.15) is 0 Å². The Morgan fingerprint density at radius 1 is 1.07 bits per heavy atom. The summed E-state index contributed by atoms with van der Waals surface area (Å²) in [7, 11) is 2.96. The fourth-order valence-corrected chi connectivity index (χ4v) is 3.29. The van der Waals surface area contributed by atoms with E-state index < -0.39 is 17.7 Å². The largest absolute Gasteiger partial charge is 0.508 e. The molecule has 1 heterocycles. The molecule has 1 saturated heterocycles. The Morgan fingerprint density at radius 3 is 2.39 bits per heavy atom. The maximum absolute atomic E-state index is 12.8. The molecule has 0 radical (unpaired) electrons. The molecule has 0 saturated carbocycles. The fourth-order valence-electron chi connectivity index (χ4n) is 3.29. The van der Waals surface area contributed by atoms with E-state index in [4.69, 9.17) is 9.47 Å². The number of phenols is 1. The van der Waals surface area contributed by atoms with Crippen molar-refractivity contribution in [1.82, 2.24) is 4.90 Å². The number of benzene rings is 2. The van der Waals surface area contributed by atoms with E-state index in [1.807, 2.05) is 0 Å². The highest BCUT2D eigenvalue weighted by atomic mass is 16.5. The number of Topliss-reactive ketones (excluding diaryl/α,β-unsaturated/α-hetero) is 1. The molecule has 1 atom stereocenters. The van der Waals surface area contributed by atoms with Gasteiger partial charge in [-0.25, -0.2) is 0 Å². The Bertz CT molecular complexity index is 919. The second-order valence-corrected chi connectivity index (χ2v) is 6.28. The molecular weight excluding hydrogens is 362 g/mol. The molecule has 2 N–H and O–H groups in total. The highest BCUT2D eigenvalue weighted by molar-refractivity contribution is 6.46. The van der Waals surface area contributed by atoms with Gasteiger partial charge in [-0.3, -0.25) is 9.59 Å². The Labute approximate surface area is 162 Å². The number of carbonyl (C=O) groups excluding carboxylic acids is 2. The van der Waals surface area contributed by atoms with Gasteiger partial charge in [0.25, 0.3) is 11.7 Å². The molecule has 1 aliphatic rings. The van der Waals surface area contributed by atoms with E-state index in [9.17, 15) is 19.8 Å². The molecule has 1 aliphatic heterocycles. The number of ether oxygens (including phenoxy) is 2. The third kappa shape index (κ3) is 3.44. The predicted octanol–water partition coefficient (Wildman–Crippen LogP) is 2.47. The highest BCUT2D eigenvalue weighted by Crippen LogP contribution is 2.40. The van der Waals surface area contributed by atoms with E-state index in [0.717, 1.165) is 0 Å². The zero-order chi connectivity index (χ0) is 20.3. The van der Waals surface area contributed by atoms with E-state index in [0.29, 0.717) is 16.9 Å². The van der Waals surface area contributed by atoms with Crippen molar-refractivity contribution in [3.05, 3.63) is 65.2 Å². The maximum atomic E-state index is 12.8. The predicted molar refractivity (Wildman–Crippen MR) is 102 cm³/mol. The third-order valence-corrected chi connectivity index (χ3v) is 4.65. The number of aliphatic hydroxyl groups excluding tert-OH is 1. The van der Waals surface area contributed by atoms with Crippen LogP contribution < -0.4 is 4.74 Å². The quantitative estimate of drug-likeness (QED) is 0.452. The van der Waals surface area contributed by atoms with Crippen molar-refractivity contribution in [1.29, 1.82) is 0 Å². The average Bonchev–Trinajstić information content (AvgIpc) is 2.97. The van der Waals surface area contributed by atoms with Crippen molar-refractivity contribution >= 4 is 17.4 Å². The normalized spacial score (nSPS) is 18.5. The van der Waals surface area contributed by atoms with Gasteiger partial charge < -0.3 is 24.6 Å². The Balaban J connectivity index is 2.19. The van der Waals surface area contributed by atoms with Gasteiger partial charge in [-0.15, -0.1) is 0 Å². The molecule has 0 aliphatic carbocycles. The number of ketones is 1. The minimum absolute atomic E-state index is 0.0312. The standard InChI is InChI=1S/C21H21NO6/c1-27-12-11-22-18(13-7-9-14(23)10-8-13)17(20(25)21(22)26)19(24)15-5-3-4-6-16(15)28-2/h3-10,18,23-24H,11-12H2,1-2H3/b19-17-. The number of phenolic OH excluding ortho intramolecular Hbond substituents is 1. The van der Waals surface area contributed by atoms with Gasteiger partial charge in [-0.05, 0) is 29.8 Å². The first-order valence-corrected chi connectivity index (χ1v) is 8.69. The number of para-hydroxylation sites is 1. The first-order chi connectivity index (χ1) is 13.5. The van der Waals surface area contributed by atoms with Crippen molar-refractivity contribution in [2.75, 3.05) is 27.4 Å². The third-order valence-electron chi connectivity index (χ3n) is 4.65. The smallest absolute Gasteiger partial charge is 0.295 e. The molecule has 3 rings (SSSR count). The number of hydrogen-bond acceptors (Lipinski definition) is 6. The van der Waals surface area contributed by atoms with Gasteiger partial charge in [0.1, 0.15) is 17.3 Å². The summed E-state index contributed by atoms with van der Waals surface area (Å²) in [5, 5.41) is 20.6. The molecule has 2 aromatic carbocycles. The van der Waals surface area contributed by atoms with Crippen LogP contribution in [0.25, 0.3) is 5.76 Å². The van der Waals surface area contributed by atoms with Gasteiger partial charge in [0, 0.05) is 13.7 Å². The van der Waals surface area contributed by atoms with Crippen molar-refractivity contribution in [2.24, 2.45) is 0 Å². The lowest BCUT2D eigenvalue weighted by molar-refractivity contribution is -0.140. The molecule has 1 unspecified atom stereocenters. The van der Waals surface area contributed by atoms with Crippen molar-refractivity contribution in [3.63, 3.8) is 0 Å². The first kappa shape index (κ1) is 19.4. The number of hydrogen-bond donors (Lipinski definition) is 2. The van der Waals surface area contributed by atoms with Gasteiger partial charge in [0.05, 0.1) is 30.9 Å². The van der Waals surface area contributed by atoms with Crippen LogP contribution in [0.2, 0.25) is 0 Å². The fraction of sp³-hybridized carbons (Fsp3) is 0.238. The average molecular weight is 383 g/mol. The van der Waals surface area contributed by atoms with E-state index in [-0.39, 0.29) is 30.2 Å². The molecule has 7 heteroatoms. The second kappa shape index (κ2) is 8.14. The van der Waals surface area contributed by atoms with Crippen LogP contribution in [0.5, 0.6) is 11.5 Å². The van der Waals surface area contributed by atoms with Crippen LogP contribution in [-0.4, -0.2) is 54.2 Å². The van der Waals surface area contributed by atoms with E-state index in [1.165, 1.54) is 31.3 Å². The van der Waals surface area contributed by atoms with Gasteiger partial charge >= 0.3 is 0 Å². The van der Waals surface area contributed by atoms with Crippen LogP contribution in [0.3, 0.4) is 0 Å². The topological polar surface area (TPSA) is 96.3 Å². The summed E-state index contributed by atoms with van der Waals surface area (Å²) < 4.78 is 10.3. The lowest BCUT2D eigenvalue weighted by Crippen LogP contribution is -2.32. The second-order valence-electron chi connectivity index (χ2n) is 6.28. The molecule has 2 aromatic rings. The monoisotopic (exact) mass is 383 g/mol. The van der Waals surface area contributed by atoms with Crippen LogP contribution in [-0.2, 0) is 14.3 Å². The van der Waals surface area contributed by atoms with Crippen LogP contribution in [0.15, 0.2) is 54.1 Å². The number of methoxy groups -OCH3 is 2. The Kier molecular flexibility index (Phi) is 5.65. The van der Waals surface area contributed by atoms with Crippen LogP contribution >= 0.6 is 0 Å². The lowest BCUT2D eigenvalue weighted by Gasteiger charge is -2.25. The summed E-state index contributed by atoms with van der Waals surface area (Å²) >= 11 is 0. The number of rotatable bonds is 6. The number of nitrogens with zero attached hydrogens (tertiary/aromatic N) is 1. The molecule has 146 valence electrons. The number of amides is 1. The summed E-state index contributed by atoms with van der Waals surface area (Å²) in [6.45, 7) is 0.408. The maximum Gasteiger partial charge on any atom is 0.295 e. The summed E-state index contributed by atoms with van der Waals surface area (Å²) in [5.41, 5.74) is 0.874. The number of aromatic hydroxyl groups is 1. The molecule has 1 fully saturated rings. The Hall–Kier alpha value is -3.32. The van der Waals surface area contributed by atoms with Gasteiger partial charge in [0.15, 0.2) is 0 Å². The van der Waals surface area contributed by atoms with Crippen LogP contribution in [0.1, 0.15) is 17.2 Å². The van der Waals surface area contributed by atoms with Crippen molar-refractivity contribution < 1.29 is 29.3 Å². The lowest BCUT2D eigenvalue weighted by atomic mass is 9.95. The molecule has 28 heavy (non-hydrogen) atoms. The molecular formula is C21H21NO6. The number of aliphatic hydroxyl groups is 1. The van der Waals surface area contributed by atoms with E-state index in [1.54, 1.807) is 36.4 Å². The number of likely N-dealkylation sites (tertiary alicyclic amines) is 1. The SMILES string of the molecule is COCCN1C(=O)C(=O)/C(=C(\O)c2ccccc2OC)C1c1ccc(O)cc1. The minimum atomic E-state index is -0.805. The summed E-state index contributed by atoms with van der Waals surface area (Å²) in [6, 6.07) is 12.1. The Morgan fingerprint density at radius 2 is 1.75 bits per heavy atom.